The molecule has 0 radical (unpaired) electrons. The lowest BCUT2D eigenvalue weighted by atomic mass is 9.94. The van der Waals surface area contributed by atoms with Crippen molar-refractivity contribution >= 4 is 0 Å². The third-order valence-electron chi connectivity index (χ3n) is 8.04. The summed E-state index contributed by atoms with van der Waals surface area (Å²) in [6, 6.07) is 8.07. The Bertz CT molecular complexity index is 815. The molecule has 6 rings (SSSR count). The van der Waals surface area contributed by atoms with E-state index in [2.05, 4.69) is 0 Å². The molecule has 7 nitrogen and oxygen atoms in total. The van der Waals surface area contributed by atoms with Gasteiger partial charge in [-0.1, -0.05) is 25.0 Å². The fourth-order valence-corrected chi connectivity index (χ4v) is 6.30. The molecular formula is C27H38O7. The van der Waals surface area contributed by atoms with Gasteiger partial charge in [0.15, 0.2) is 17.9 Å². The molecule has 2 spiro atoms. The molecular weight excluding hydrogens is 436 g/mol. The normalized spacial score (nSPS) is 36.2. The summed E-state index contributed by atoms with van der Waals surface area (Å²) in [5.41, 5.74) is 1.09. The van der Waals surface area contributed by atoms with E-state index >= 15 is 0 Å². The van der Waals surface area contributed by atoms with Crippen LogP contribution in [0.4, 0.5) is 0 Å². The summed E-state index contributed by atoms with van der Waals surface area (Å²) in [6.07, 6.45) is 9.40. The van der Waals surface area contributed by atoms with E-state index in [9.17, 15) is 0 Å². The zero-order chi connectivity index (χ0) is 23.0. The van der Waals surface area contributed by atoms with Gasteiger partial charge in [-0.25, -0.2) is 0 Å². The molecule has 0 unspecified atom stereocenters. The van der Waals surface area contributed by atoms with Crippen LogP contribution in [0.15, 0.2) is 24.3 Å². The predicted octanol–water partition coefficient (Wildman–Crippen LogP) is 4.85. The van der Waals surface area contributed by atoms with Gasteiger partial charge in [-0.15, -0.1) is 0 Å². The molecule has 3 aliphatic heterocycles. The maximum Gasteiger partial charge on any atom is 0.190 e. The van der Waals surface area contributed by atoms with E-state index in [4.69, 9.17) is 33.2 Å². The molecule has 2 aliphatic carbocycles. The summed E-state index contributed by atoms with van der Waals surface area (Å²) in [7, 11) is 0. The van der Waals surface area contributed by atoms with Crippen LogP contribution in [0.1, 0.15) is 76.7 Å². The van der Waals surface area contributed by atoms with Gasteiger partial charge in [-0.2, -0.15) is 0 Å². The van der Waals surface area contributed by atoms with Crippen molar-refractivity contribution in [1.29, 1.82) is 0 Å². The summed E-state index contributed by atoms with van der Waals surface area (Å²) >= 11 is 0. The molecule has 5 atom stereocenters. The zero-order valence-electron chi connectivity index (χ0n) is 20.2. The van der Waals surface area contributed by atoms with E-state index in [1.54, 1.807) is 0 Å². The molecule has 2 saturated carbocycles. The SMILES string of the molecule is CCOc1ccc(CO[C@H]2[C@@H]3OC4(CCCCC4)O[C@@H]3O[C@H]2[C@@H]2COC3(CCCCC3)O2)cc1. The van der Waals surface area contributed by atoms with Crippen LogP contribution in [0.25, 0.3) is 0 Å². The largest absolute Gasteiger partial charge is 0.494 e. The van der Waals surface area contributed by atoms with Gasteiger partial charge >= 0.3 is 0 Å². The van der Waals surface area contributed by atoms with Gasteiger partial charge in [-0.05, 0) is 50.3 Å². The molecule has 7 heteroatoms. The Morgan fingerprint density at radius 3 is 2.24 bits per heavy atom. The van der Waals surface area contributed by atoms with Crippen LogP contribution in [0.3, 0.4) is 0 Å². The lowest BCUT2D eigenvalue weighted by molar-refractivity contribution is -0.263. The first-order chi connectivity index (χ1) is 16.7. The van der Waals surface area contributed by atoms with Crippen LogP contribution < -0.4 is 4.74 Å². The Kier molecular flexibility index (Phi) is 6.60. The Balaban J connectivity index is 1.17. The van der Waals surface area contributed by atoms with E-state index < -0.39 is 17.9 Å². The minimum Gasteiger partial charge on any atom is -0.494 e. The van der Waals surface area contributed by atoms with Crippen molar-refractivity contribution in [3.63, 3.8) is 0 Å². The number of benzene rings is 1. The number of ether oxygens (including phenoxy) is 7. The Hall–Kier alpha value is -1.22. The molecule has 3 saturated heterocycles. The maximum atomic E-state index is 6.60. The van der Waals surface area contributed by atoms with Gasteiger partial charge in [0, 0.05) is 25.7 Å². The summed E-state index contributed by atoms with van der Waals surface area (Å²) in [5, 5.41) is 0. The van der Waals surface area contributed by atoms with Crippen LogP contribution in [0.5, 0.6) is 5.75 Å². The van der Waals surface area contributed by atoms with Crippen molar-refractivity contribution in [2.45, 2.75) is 120 Å². The summed E-state index contributed by atoms with van der Waals surface area (Å²) in [4.78, 5) is 0. The van der Waals surface area contributed by atoms with Crippen molar-refractivity contribution in [3.8, 4) is 5.75 Å². The second kappa shape index (κ2) is 9.68. The van der Waals surface area contributed by atoms with Gasteiger partial charge in [0.25, 0.3) is 0 Å². The van der Waals surface area contributed by atoms with E-state index in [0.29, 0.717) is 19.8 Å². The van der Waals surface area contributed by atoms with Crippen molar-refractivity contribution < 1.29 is 33.2 Å². The average Bonchev–Trinajstić information content (AvgIpc) is 3.51. The Morgan fingerprint density at radius 2 is 1.53 bits per heavy atom. The van der Waals surface area contributed by atoms with Gasteiger partial charge in [0.05, 0.1) is 19.8 Å². The average molecular weight is 475 g/mol. The van der Waals surface area contributed by atoms with Gasteiger partial charge < -0.3 is 33.2 Å². The number of rotatable bonds is 6. The smallest absolute Gasteiger partial charge is 0.190 e. The number of hydrogen-bond acceptors (Lipinski definition) is 7. The predicted molar refractivity (Wildman–Crippen MR) is 123 cm³/mol. The molecule has 5 aliphatic rings. The molecule has 34 heavy (non-hydrogen) atoms. The maximum absolute atomic E-state index is 6.60. The van der Waals surface area contributed by atoms with Crippen LogP contribution >= 0.6 is 0 Å². The van der Waals surface area contributed by atoms with Crippen LogP contribution in [-0.2, 0) is 35.0 Å². The summed E-state index contributed by atoms with van der Waals surface area (Å²) in [6.45, 7) is 3.64. The monoisotopic (exact) mass is 474 g/mol. The van der Waals surface area contributed by atoms with E-state index in [0.717, 1.165) is 62.7 Å². The van der Waals surface area contributed by atoms with Crippen molar-refractivity contribution in [2.24, 2.45) is 0 Å². The minimum atomic E-state index is -0.517. The molecule has 188 valence electrons. The minimum absolute atomic E-state index is 0.177. The zero-order valence-corrected chi connectivity index (χ0v) is 20.2. The quantitative estimate of drug-likeness (QED) is 0.584. The molecule has 1 aromatic carbocycles. The molecule has 1 aromatic rings. The molecule has 0 bridgehead atoms. The fourth-order valence-electron chi connectivity index (χ4n) is 6.30. The molecule has 0 amide bonds. The van der Waals surface area contributed by atoms with Crippen LogP contribution in [0, 0.1) is 0 Å². The number of fused-ring (bicyclic) bond motifs is 1. The highest BCUT2D eigenvalue weighted by Gasteiger charge is 2.61. The van der Waals surface area contributed by atoms with Crippen LogP contribution in [-0.4, -0.2) is 55.5 Å². The first kappa shape index (κ1) is 23.2. The molecule has 5 fully saturated rings. The van der Waals surface area contributed by atoms with Crippen molar-refractivity contribution in [1.82, 2.24) is 0 Å². The third-order valence-corrected chi connectivity index (χ3v) is 8.04. The Labute approximate surface area is 202 Å². The van der Waals surface area contributed by atoms with E-state index in [1.807, 2.05) is 31.2 Å². The van der Waals surface area contributed by atoms with E-state index in [-0.39, 0.29) is 24.4 Å². The second-order valence-electron chi connectivity index (χ2n) is 10.4. The molecule has 3 heterocycles. The standard InChI is InChI=1S/C27H38O7/c1-2-28-20-11-9-19(10-12-20)17-29-23-22(21-18-30-26(32-21)13-5-3-6-14-26)31-25-24(23)33-27(34-25)15-7-4-8-16-27/h9-12,21-25H,2-8,13-18H2,1H3/t21-,22-,23+,24-,25-/m0/s1. The summed E-state index contributed by atoms with van der Waals surface area (Å²) < 4.78 is 44.4. The van der Waals surface area contributed by atoms with Gasteiger partial charge in [0.2, 0.25) is 0 Å². The lowest BCUT2D eigenvalue weighted by Gasteiger charge is -2.35. The highest BCUT2D eigenvalue weighted by Crippen LogP contribution is 2.48. The lowest BCUT2D eigenvalue weighted by Crippen LogP contribution is -2.45. The molecule has 0 N–H and O–H groups in total. The highest BCUT2D eigenvalue weighted by molar-refractivity contribution is 5.26. The van der Waals surface area contributed by atoms with Gasteiger partial charge in [-0.3, -0.25) is 0 Å². The summed E-state index contributed by atoms with van der Waals surface area (Å²) in [5.74, 6) is -0.0956. The topological polar surface area (TPSA) is 64.6 Å². The van der Waals surface area contributed by atoms with E-state index in [1.165, 1.54) is 12.8 Å². The third kappa shape index (κ3) is 4.51. The fraction of sp³-hybridized carbons (Fsp3) is 0.778. The second-order valence-corrected chi connectivity index (χ2v) is 10.4. The first-order valence-electron chi connectivity index (χ1n) is 13.3. The van der Waals surface area contributed by atoms with Crippen molar-refractivity contribution in [2.75, 3.05) is 13.2 Å². The van der Waals surface area contributed by atoms with Gasteiger partial charge in [0.1, 0.15) is 30.2 Å². The number of hydrogen-bond donors (Lipinski definition) is 0. The molecule has 0 aromatic heterocycles. The van der Waals surface area contributed by atoms with Crippen molar-refractivity contribution in [3.05, 3.63) is 29.8 Å². The Morgan fingerprint density at radius 1 is 0.824 bits per heavy atom. The highest BCUT2D eigenvalue weighted by atomic mass is 16.9. The van der Waals surface area contributed by atoms with Crippen LogP contribution in [0.2, 0.25) is 0 Å². The first-order valence-corrected chi connectivity index (χ1v) is 13.3.